The third kappa shape index (κ3) is 2.87. The van der Waals surface area contributed by atoms with E-state index in [0.717, 1.165) is 6.42 Å². The molecule has 90 valence electrons. The van der Waals surface area contributed by atoms with Gasteiger partial charge in [0.2, 0.25) is 0 Å². The molecule has 6 nitrogen and oxygen atoms in total. The van der Waals surface area contributed by atoms with Crippen LogP contribution in [0.3, 0.4) is 0 Å². The second-order valence-electron chi connectivity index (χ2n) is 3.57. The minimum absolute atomic E-state index is 0.378. The lowest BCUT2D eigenvalue weighted by molar-refractivity contribution is -0.300. The average Bonchev–Trinajstić information content (AvgIpc) is 2.25. The Morgan fingerprint density at radius 2 is 1.80 bits per heavy atom. The smallest absolute Gasteiger partial charge is 0.186 e. The minimum Gasteiger partial charge on any atom is -0.394 e. The van der Waals surface area contributed by atoms with Crippen LogP contribution < -0.4 is 0 Å². The molecule has 6 heteroatoms. The van der Waals surface area contributed by atoms with Crippen molar-refractivity contribution in [1.29, 1.82) is 0 Å². The zero-order valence-corrected chi connectivity index (χ0v) is 8.61. The number of ether oxygens (including phenoxy) is 2. The van der Waals surface area contributed by atoms with Crippen molar-refractivity contribution in [2.75, 3.05) is 13.2 Å². The second-order valence-corrected chi connectivity index (χ2v) is 3.57. The van der Waals surface area contributed by atoms with Crippen LogP contribution >= 0.6 is 0 Å². The first-order valence-corrected chi connectivity index (χ1v) is 5.04. The molecule has 0 radical (unpaired) electrons. The predicted molar refractivity (Wildman–Crippen MR) is 50.0 cm³/mol. The normalized spacial score (nSPS) is 41.8. The number of hydrogen-bond donors (Lipinski definition) is 4. The van der Waals surface area contributed by atoms with Crippen molar-refractivity contribution in [2.45, 2.75) is 44.1 Å². The summed E-state index contributed by atoms with van der Waals surface area (Å²) in [6.07, 6.45) is -5.14. The molecule has 4 N–H and O–H groups in total. The van der Waals surface area contributed by atoms with Crippen molar-refractivity contribution in [3.8, 4) is 0 Å². The lowest BCUT2D eigenvalue weighted by atomic mass is 9.99. The lowest BCUT2D eigenvalue weighted by Crippen LogP contribution is -2.59. The van der Waals surface area contributed by atoms with Gasteiger partial charge in [0.15, 0.2) is 6.29 Å². The fourth-order valence-corrected chi connectivity index (χ4v) is 1.44. The summed E-state index contributed by atoms with van der Waals surface area (Å²) in [5, 5.41) is 37.2. The summed E-state index contributed by atoms with van der Waals surface area (Å²) in [4.78, 5) is 0. The van der Waals surface area contributed by atoms with Gasteiger partial charge < -0.3 is 29.9 Å². The van der Waals surface area contributed by atoms with Gasteiger partial charge >= 0.3 is 0 Å². The highest BCUT2D eigenvalue weighted by molar-refractivity contribution is 4.88. The quantitative estimate of drug-likeness (QED) is 0.448. The zero-order valence-electron chi connectivity index (χ0n) is 8.61. The Morgan fingerprint density at radius 3 is 2.33 bits per heavy atom. The topological polar surface area (TPSA) is 99.4 Å². The standard InChI is InChI=1S/C9H18O6/c1-2-3-14-9-8(13)7(12)6(11)5(4-10)15-9/h5-13H,2-4H2,1H3/t5-,6-,7+,8-,9-/m1/s1. The molecule has 0 aliphatic carbocycles. The number of aliphatic hydroxyl groups excluding tert-OH is 4. The molecule has 0 aromatic heterocycles. The van der Waals surface area contributed by atoms with E-state index in [4.69, 9.17) is 14.6 Å². The van der Waals surface area contributed by atoms with Gasteiger partial charge in [-0.15, -0.1) is 0 Å². The molecule has 5 atom stereocenters. The first kappa shape index (κ1) is 12.8. The van der Waals surface area contributed by atoms with E-state index in [0.29, 0.717) is 6.61 Å². The van der Waals surface area contributed by atoms with Crippen molar-refractivity contribution >= 4 is 0 Å². The molecular weight excluding hydrogens is 204 g/mol. The highest BCUT2D eigenvalue weighted by Gasteiger charge is 2.43. The number of rotatable bonds is 4. The maximum Gasteiger partial charge on any atom is 0.186 e. The molecule has 0 spiro atoms. The Bertz CT molecular complexity index is 185. The molecule has 0 aromatic carbocycles. The van der Waals surface area contributed by atoms with E-state index in [9.17, 15) is 15.3 Å². The third-order valence-corrected chi connectivity index (χ3v) is 2.33. The van der Waals surface area contributed by atoms with Gasteiger partial charge in [-0.2, -0.15) is 0 Å². The highest BCUT2D eigenvalue weighted by Crippen LogP contribution is 2.21. The van der Waals surface area contributed by atoms with E-state index in [1.165, 1.54) is 0 Å². The van der Waals surface area contributed by atoms with Crippen LogP contribution in [0.15, 0.2) is 0 Å². The Morgan fingerprint density at radius 1 is 1.13 bits per heavy atom. The van der Waals surface area contributed by atoms with Crippen molar-refractivity contribution in [2.24, 2.45) is 0 Å². The van der Waals surface area contributed by atoms with Crippen LogP contribution in [0, 0.1) is 0 Å². The van der Waals surface area contributed by atoms with Gasteiger partial charge in [-0.05, 0) is 6.42 Å². The molecule has 15 heavy (non-hydrogen) atoms. The van der Waals surface area contributed by atoms with Gasteiger partial charge in [-0.25, -0.2) is 0 Å². The van der Waals surface area contributed by atoms with E-state index in [2.05, 4.69) is 0 Å². The molecule has 1 fully saturated rings. The molecule has 1 heterocycles. The number of aliphatic hydroxyl groups is 4. The fourth-order valence-electron chi connectivity index (χ4n) is 1.44. The van der Waals surface area contributed by atoms with Crippen molar-refractivity contribution < 1.29 is 29.9 Å². The van der Waals surface area contributed by atoms with Crippen LogP contribution in [0.2, 0.25) is 0 Å². The van der Waals surface area contributed by atoms with E-state index >= 15 is 0 Å². The van der Waals surface area contributed by atoms with E-state index in [1.54, 1.807) is 0 Å². The molecule has 1 aliphatic heterocycles. The van der Waals surface area contributed by atoms with Crippen molar-refractivity contribution in [1.82, 2.24) is 0 Å². The highest BCUT2D eigenvalue weighted by atomic mass is 16.7. The van der Waals surface area contributed by atoms with Crippen LogP contribution in [0.1, 0.15) is 13.3 Å². The van der Waals surface area contributed by atoms with Crippen LogP contribution in [0.5, 0.6) is 0 Å². The molecule has 1 rings (SSSR count). The largest absolute Gasteiger partial charge is 0.394 e. The minimum atomic E-state index is -1.36. The Labute approximate surface area is 88.1 Å². The first-order valence-electron chi connectivity index (χ1n) is 5.04. The molecule has 0 saturated carbocycles. The summed E-state index contributed by atoms with van der Waals surface area (Å²) in [5.41, 5.74) is 0. The first-order chi connectivity index (χ1) is 7.11. The van der Waals surface area contributed by atoms with Gasteiger partial charge in [-0.1, -0.05) is 6.92 Å². The molecule has 0 amide bonds. The van der Waals surface area contributed by atoms with Crippen LogP contribution in [0.25, 0.3) is 0 Å². The zero-order chi connectivity index (χ0) is 11.4. The molecule has 1 aliphatic rings. The van der Waals surface area contributed by atoms with Crippen LogP contribution in [-0.2, 0) is 9.47 Å². The van der Waals surface area contributed by atoms with E-state index in [-0.39, 0.29) is 0 Å². The van der Waals surface area contributed by atoms with Crippen LogP contribution in [0.4, 0.5) is 0 Å². The van der Waals surface area contributed by atoms with E-state index in [1.807, 2.05) is 6.92 Å². The fraction of sp³-hybridized carbons (Fsp3) is 1.00. The SMILES string of the molecule is CCCO[C@@H]1O[C@H](CO)[C@@H](O)[C@H](O)[C@H]1O. The summed E-state index contributed by atoms with van der Waals surface area (Å²) in [6, 6.07) is 0. The van der Waals surface area contributed by atoms with E-state index < -0.39 is 37.3 Å². The second kappa shape index (κ2) is 5.74. The van der Waals surface area contributed by atoms with Crippen molar-refractivity contribution in [3.05, 3.63) is 0 Å². The third-order valence-electron chi connectivity index (χ3n) is 2.33. The van der Waals surface area contributed by atoms with Gasteiger partial charge in [-0.3, -0.25) is 0 Å². The summed E-state index contributed by atoms with van der Waals surface area (Å²) >= 11 is 0. The summed E-state index contributed by atoms with van der Waals surface area (Å²) in [5.74, 6) is 0. The Balaban J connectivity index is 2.57. The monoisotopic (exact) mass is 222 g/mol. The Hall–Kier alpha value is -0.240. The van der Waals surface area contributed by atoms with Gasteiger partial charge in [0, 0.05) is 6.61 Å². The summed E-state index contributed by atoms with van der Waals surface area (Å²) in [6.45, 7) is 1.84. The molecule has 0 bridgehead atoms. The van der Waals surface area contributed by atoms with Gasteiger partial charge in [0.1, 0.15) is 24.4 Å². The predicted octanol–water partition coefficient (Wildman–Crippen LogP) is -1.79. The molecular formula is C9H18O6. The Kier molecular flexibility index (Phi) is 4.91. The molecule has 1 saturated heterocycles. The van der Waals surface area contributed by atoms with Gasteiger partial charge in [0.05, 0.1) is 6.61 Å². The summed E-state index contributed by atoms with van der Waals surface area (Å²) in [7, 11) is 0. The maximum absolute atomic E-state index is 9.51. The van der Waals surface area contributed by atoms with Gasteiger partial charge in [0.25, 0.3) is 0 Å². The number of hydrogen-bond acceptors (Lipinski definition) is 6. The van der Waals surface area contributed by atoms with Crippen molar-refractivity contribution in [3.63, 3.8) is 0 Å². The maximum atomic E-state index is 9.51. The van der Waals surface area contributed by atoms with Crippen LogP contribution in [-0.4, -0.2) is 64.3 Å². The average molecular weight is 222 g/mol. The molecule has 0 unspecified atom stereocenters. The summed E-state index contributed by atoms with van der Waals surface area (Å²) < 4.78 is 10.2. The molecule has 0 aromatic rings. The lowest BCUT2D eigenvalue weighted by Gasteiger charge is -2.39.